The number of amides is 1. The number of nitrogens with zero attached hydrogens (tertiary/aromatic N) is 2. The fraction of sp³-hybridized carbons (Fsp3) is 0.364. The van der Waals surface area contributed by atoms with Crippen molar-refractivity contribution in [3.8, 4) is 17.6 Å². The highest BCUT2D eigenvalue weighted by atomic mass is 16.5. The van der Waals surface area contributed by atoms with Crippen LogP contribution in [0, 0.1) is 11.3 Å². The molecule has 0 unspecified atom stereocenters. The lowest BCUT2D eigenvalue weighted by Gasteiger charge is -2.23. The Labute approximate surface area is 161 Å². The lowest BCUT2D eigenvalue weighted by Crippen LogP contribution is -2.31. The van der Waals surface area contributed by atoms with E-state index in [-0.39, 0.29) is 5.91 Å². The van der Waals surface area contributed by atoms with Gasteiger partial charge in [-0.05, 0) is 54.8 Å². The van der Waals surface area contributed by atoms with E-state index in [4.69, 9.17) is 14.7 Å². The minimum atomic E-state index is -0.0494. The minimum Gasteiger partial charge on any atom is -0.493 e. The molecule has 0 heterocycles. The summed E-state index contributed by atoms with van der Waals surface area (Å²) in [6.07, 6.45) is 1.78. The Morgan fingerprint density at radius 2 is 1.81 bits per heavy atom. The second kappa shape index (κ2) is 10.2. The maximum absolute atomic E-state index is 12.9. The number of hydrogen-bond acceptors (Lipinski definition) is 4. The second-order valence-corrected chi connectivity index (χ2v) is 6.25. The number of carbonyl (C=O) groups is 1. The van der Waals surface area contributed by atoms with Gasteiger partial charge < -0.3 is 14.4 Å². The third-order valence-corrected chi connectivity index (χ3v) is 4.10. The smallest absolute Gasteiger partial charge is 0.254 e. The van der Waals surface area contributed by atoms with Gasteiger partial charge in [0.15, 0.2) is 11.5 Å². The molecule has 0 atom stereocenters. The summed E-state index contributed by atoms with van der Waals surface area (Å²) in [5.41, 5.74) is 2.10. The number of ether oxygens (including phenoxy) is 2. The molecule has 0 radical (unpaired) electrons. The summed E-state index contributed by atoms with van der Waals surface area (Å²) in [4.78, 5) is 14.7. The highest BCUT2D eigenvalue weighted by Gasteiger charge is 2.16. The maximum atomic E-state index is 12.9. The molecule has 0 aromatic heterocycles. The van der Waals surface area contributed by atoms with Crippen molar-refractivity contribution in [2.45, 2.75) is 33.2 Å². The molecule has 0 N–H and O–H groups in total. The van der Waals surface area contributed by atoms with Crippen LogP contribution in [0.2, 0.25) is 0 Å². The molecule has 0 fully saturated rings. The Hall–Kier alpha value is -3.00. The lowest BCUT2D eigenvalue weighted by molar-refractivity contribution is 0.0743. The van der Waals surface area contributed by atoms with Gasteiger partial charge in [-0.15, -0.1) is 0 Å². The number of nitriles is 1. The molecular weight excluding hydrogens is 340 g/mol. The van der Waals surface area contributed by atoms with Crippen molar-refractivity contribution in [3.05, 3.63) is 59.2 Å². The number of hydrogen-bond donors (Lipinski definition) is 0. The molecule has 2 rings (SSSR count). The van der Waals surface area contributed by atoms with E-state index in [2.05, 4.69) is 13.0 Å². The Balaban J connectivity index is 2.19. The van der Waals surface area contributed by atoms with Gasteiger partial charge in [0.2, 0.25) is 0 Å². The first-order chi connectivity index (χ1) is 13.1. The molecule has 5 heteroatoms. The topological polar surface area (TPSA) is 62.6 Å². The van der Waals surface area contributed by atoms with Crippen molar-refractivity contribution in [2.24, 2.45) is 0 Å². The largest absolute Gasteiger partial charge is 0.493 e. The van der Waals surface area contributed by atoms with Crippen LogP contribution in [0.15, 0.2) is 42.5 Å². The highest BCUT2D eigenvalue weighted by Crippen LogP contribution is 2.29. The van der Waals surface area contributed by atoms with Crippen molar-refractivity contribution in [2.75, 3.05) is 20.3 Å². The molecule has 0 aliphatic rings. The Bertz CT molecular complexity index is 794. The predicted molar refractivity (Wildman–Crippen MR) is 105 cm³/mol. The SMILES string of the molecule is CCCOc1ccc(CN(CCC)C(=O)c2ccc(C#N)cc2)cc1OC. The van der Waals surface area contributed by atoms with E-state index in [9.17, 15) is 4.79 Å². The highest BCUT2D eigenvalue weighted by molar-refractivity contribution is 5.94. The fourth-order valence-corrected chi connectivity index (χ4v) is 2.75. The molecule has 27 heavy (non-hydrogen) atoms. The molecule has 142 valence electrons. The summed E-state index contributed by atoms with van der Waals surface area (Å²) < 4.78 is 11.1. The van der Waals surface area contributed by atoms with Crippen LogP contribution in [0.25, 0.3) is 0 Å². The molecule has 0 aliphatic heterocycles. The summed E-state index contributed by atoms with van der Waals surface area (Å²) >= 11 is 0. The van der Waals surface area contributed by atoms with E-state index >= 15 is 0 Å². The minimum absolute atomic E-state index is 0.0494. The number of rotatable bonds is 9. The van der Waals surface area contributed by atoms with Gasteiger partial charge >= 0.3 is 0 Å². The van der Waals surface area contributed by atoms with E-state index < -0.39 is 0 Å². The van der Waals surface area contributed by atoms with Gasteiger partial charge in [-0.25, -0.2) is 0 Å². The van der Waals surface area contributed by atoms with E-state index in [1.54, 1.807) is 31.4 Å². The first-order valence-corrected chi connectivity index (χ1v) is 9.22. The molecule has 1 amide bonds. The average Bonchev–Trinajstić information content (AvgIpc) is 2.71. The Kier molecular flexibility index (Phi) is 7.69. The standard InChI is InChI=1S/C22H26N2O3/c1-4-12-24(22(25)19-9-6-17(15-23)7-10-19)16-18-8-11-20(27-13-5-2)21(14-18)26-3/h6-11,14H,4-5,12-13,16H2,1-3H3. The summed E-state index contributed by atoms with van der Waals surface area (Å²) in [5.74, 6) is 1.33. The van der Waals surface area contributed by atoms with Crippen LogP contribution >= 0.6 is 0 Å². The van der Waals surface area contributed by atoms with Crippen molar-refractivity contribution in [1.29, 1.82) is 5.26 Å². The van der Waals surface area contributed by atoms with Crippen LogP contribution in [-0.4, -0.2) is 31.1 Å². The van der Waals surface area contributed by atoms with Crippen molar-refractivity contribution in [1.82, 2.24) is 4.90 Å². The van der Waals surface area contributed by atoms with Crippen LogP contribution in [0.4, 0.5) is 0 Å². The van der Waals surface area contributed by atoms with E-state index in [1.807, 2.05) is 30.0 Å². The first-order valence-electron chi connectivity index (χ1n) is 9.22. The van der Waals surface area contributed by atoms with Gasteiger partial charge in [0.25, 0.3) is 5.91 Å². The molecular formula is C22H26N2O3. The number of carbonyl (C=O) groups excluding carboxylic acids is 1. The summed E-state index contributed by atoms with van der Waals surface area (Å²) in [5, 5.41) is 8.91. The van der Waals surface area contributed by atoms with Gasteiger partial charge in [0.05, 0.1) is 25.3 Å². The quantitative estimate of drug-likeness (QED) is 0.659. The number of methoxy groups -OCH3 is 1. The fourth-order valence-electron chi connectivity index (χ4n) is 2.75. The Morgan fingerprint density at radius 3 is 2.41 bits per heavy atom. The average molecular weight is 366 g/mol. The molecule has 2 aromatic rings. The summed E-state index contributed by atoms with van der Waals surface area (Å²) in [6, 6.07) is 14.6. The third-order valence-electron chi connectivity index (χ3n) is 4.10. The number of benzene rings is 2. The molecule has 0 aliphatic carbocycles. The van der Waals surface area contributed by atoms with Crippen LogP contribution in [0.5, 0.6) is 11.5 Å². The van der Waals surface area contributed by atoms with E-state index in [1.165, 1.54) is 0 Å². The molecule has 5 nitrogen and oxygen atoms in total. The zero-order valence-corrected chi connectivity index (χ0v) is 16.2. The molecule has 0 saturated heterocycles. The van der Waals surface area contributed by atoms with Gasteiger partial charge in [0, 0.05) is 18.7 Å². The molecule has 0 bridgehead atoms. The van der Waals surface area contributed by atoms with Crippen LogP contribution < -0.4 is 9.47 Å². The zero-order valence-electron chi connectivity index (χ0n) is 16.2. The zero-order chi connectivity index (χ0) is 19.6. The van der Waals surface area contributed by atoms with Crippen LogP contribution in [0.3, 0.4) is 0 Å². The van der Waals surface area contributed by atoms with Crippen molar-refractivity contribution >= 4 is 5.91 Å². The van der Waals surface area contributed by atoms with Crippen LogP contribution in [0.1, 0.15) is 48.2 Å². The van der Waals surface area contributed by atoms with Crippen LogP contribution in [-0.2, 0) is 6.54 Å². The van der Waals surface area contributed by atoms with Gasteiger partial charge in [-0.3, -0.25) is 4.79 Å². The Morgan fingerprint density at radius 1 is 1.07 bits per heavy atom. The first kappa shape index (κ1) is 20.3. The van der Waals surface area contributed by atoms with Gasteiger partial charge in [-0.2, -0.15) is 5.26 Å². The molecule has 0 saturated carbocycles. The molecule has 2 aromatic carbocycles. The van der Waals surface area contributed by atoms with E-state index in [0.717, 1.165) is 18.4 Å². The summed E-state index contributed by atoms with van der Waals surface area (Å²) in [7, 11) is 1.61. The predicted octanol–water partition coefficient (Wildman–Crippen LogP) is 4.41. The van der Waals surface area contributed by atoms with Crippen molar-refractivity contribution in [3.63, 3.8) is 0 Å². The monoisotopic (exact) mass is 366 g/mol. The lowest BCUT2D eigenvalue weighted by atomic mass is 10.1. The summed E-state index contributed by atoms with van der Waals surface area (Å²) in [6.45, 7) is 5.86. The van der Waals surface area contributed by atoms with Gasteiger partial charge in [-0.1, -0.05) is 19.9 Å². The van der Waals surface area contributed by atoms with Crippen molar-refractivity contribution < 1.29 is 14.3 Å². The third kappa shape index (κ3) is 5.49. The van der Waals surface area contributed by atoms with Gasteiger partial charge in [0.1, 0.15) is 0 Å². The maximum Gasteiger partial charge on any atom is 0.254 e. The second-order valence-electron chi connectivity index (χ2n) is 6.25. The molecule has 0 spiro atoms. The van der Waals surface area contributed by atoms with E-state index in [0.29, 0.717) is 42.3 Å². The normalized spacial score (nSPS) is 10.1.